The standard InChI is InChI=1S/C9H10O2.H3NO2S/c1-6-4-3-5-8(7(6)2)9(10)11;1-4(2)3/h3-5H,1-2H3,(H,10,11);4H,(H2,1,2,3). The number of aryl methyl sites for hydroxylation is 1. The van der Waals surface area contributed by atoms with Crippen LogP contribution in [0.25, 0.3) is 0 Å². The van der Waals surface area contributed by atoms with Gasteiger partial charge in [0.25, 0.3) is 0 Å². The summed E-state index contributed by atoms with van der Waals surface area (Å²) in [4.78, 5) is 10.6. The maximum atomic E-state index is 10.6. The van der Waals surface area contributed by atoms with Crippen molar-refractivity contribution in [1.29, 1.82) is 0 Å². The molecule has 0 bridgehead atoms. The number of hydrogen-bond acceptors (Lipinski definition) is 3. The molecule has 1 rings (SSSR count). The molecule has 3 N–H and O–H groups in total. The number of carbonyl (C=O) groups is 1. The molecule has 84 valence electrons. The lowest BCUT2D eigenvalue weighted by Gasteiger charge is -2.02. The van der Waals surface area contributed by atoms with Gasteiger partial charge in [-0.1, -0.05) is 12.1 Å². The number of nitrogens with two attached hydrogens (primary N) is 1. The summed E-state index contributed by atoms with van der Waals surface area (Å²) in [5.41, 5.74) is 2.26. The molecule has 0 heterocycles. The van der Waals surface area contributed by atoms with Crippen molar-refractivity contribution in [1.82, 2.24) is 0 Å². The second-order valence-corrected chi connectivity index (χ2v) is 3.41. The molecule has 0 aliphatic carbocycles. The first kappa shape index (κ1) is 13.6. The average molecular weight is 231 g/mol. The second-order valence-electron chi connectivity index (χ2n) is 2.84. The average Bonchev–Trinajstić information content (AvgIpc) is 2.08. The topological polar surface area (TPSA) is 97.5 Å². The van der Waals surface area contributed by atoms with Crippen LogP contribution in [0.15, 0.2) is 18.2 Å². The summed E-state index contributed by atoms with van der Waals surface area (Å²) in [6.07, 6.45) is 0. The first-order chi connectivity index (χ1) is 6.86. The van der Waals surface area contributed by atoms with E-state index >= 15 is 0 Å². The molecule has 0 atom stereocenters. The summed E-state index contributed by atoms with van der Waals surface area (Å²) in [5.74, 6) is -0.855. The molecule has 0 aliphatic rings. The zero-order valence-corrected chi connectivity index (χ0v) is 9.32. The monoisotopic (exact) mass is 231 g/mol. The molecule has 0 amide bonds. The summed E-state index contributed by atoms with van der Waals surface area (Å²) in [5, 5.41) is 12.8. The van der Waals surface area contributed by atoms with Gasteiger partial charge in [-0.25, -0.2) is 18.4 Å². The second kappa shape index (κ2) is 6.15. The molecule has 0 saturated carbocycles. The van der Waals surface area contributed by atoms with Crippen LogP contribution in [0.4, 0.5) is 0 Å². The largest absolute Gasteiger partial charge is 0.478 e. The molecular weight excluding hydrogens is 218 g/mol. The Bertz CT molecular complexity index is 418. The lowest BCUT2D eigenvalue weighted by Crippen LogP contribution is -2.00. The van der Waals surface area contributed by atoms with Gasteiger partial charge in [0.05, 0.1) is 5.56 Å². The Hall–Kier alpha value is -1.40. The Kier molecular flexibility index (Phi) is 5.58. The van der Waals surface area contributed by atoms with Gasteiger partial charge in [0, 0.05) is 0 Å². The number of hydrogen-bond donors (Lipinski definition) is 3. The first-order valence-corrected chi connectivity index (χ1v) is 5.29. The van der Waals surface area contributed by atoms with Crippen LogP contribution in [0.2, 0.25) is 0 Å². The molecule has 0 saturated heterocycles. The Morgan fingerprint density at radius 2 is 1.80 bits per heavy atom. The van der Waals surface area contributed by atoms with Crippen LogP contribution in [0.3, 0.4) is 0 Å². The van der Waals surface area contributed by atoms with E-state index in [0.717, 1.165) is 11.1 Å². The first-order valence-electron chi connectivity index (χ1n) is 4.05. The molecular formula is C9H13NO4S. The van der Waals surface area contributed by atoms with Crippen LogP contribution in [0, 0.1) is 13.8 Å². The molecule has 15 heavy (non-hydrogen) atoms. The Labute approximate surface area is 89.6 Å². The minimum atomic E-state index is -2.62. The SMILES string of the molecule is Cc1cccc(C(=O)O)c1C.N[SH](=O)=O. The minimum Gasteiger partial charge on any atom is -0.478 e. The van der Waals surface area contributed by atoms with Gasteiger partial charge >= 0.3 is 5.97 Å². The van der Waals surface area contributed by atoms with Crippen LogP contribution in [-0.4, -0.2) is 19.5 Å². The summed E-state index contributed by atoms with van der Waals surface area (Å²) in [6.45, 7) is 3.72. The van der Waals surface area contributed by atoms with Crippen molar-refractivity contribution in [3.63, 3.8) is 0 Å². The van der Waals surface area contributed by atoms with Gasteiger partial charge in [0.15, 0.2) is 10.9 Å². The lowest BCUT2D eigenvalue weighted by molar-refractivity contribution is 0.0696. The minimum absolute atomic E-state index is 0.394. The number of carboxylic acid groups (broad SMARTS) is 1. The maximum absolute atomic E-state index is 10.6. The predicted octanol–water partition coefficient (Wildman–Crippen LogP) is 0.473. The van der Waals surface area contributed by atoms with Gasteiger partial charge in [-0.2, -0.15) is 0 Å². The van der Waals surface area contributed by atoms with E-state index in [0.29, 0.717) is 5.56 Å². The molecule has 0 fully saturated rings. The molecule has 0 radical (unpaired) electrons. The van der Waals surface area contributed by atoms with Gasteiger partial charge in [-0.3, -0.25) is 0 Å². The van der Waals surface area contributed by atoms with Gasteiger partial charge in [-0.15, -0.1) is 0 Å². The van der Waals surface area contributed by atoms with E-state index in [1.165, 1.54) is 0 Å². The third-order valence-electron chi connectivity index (χ3n) is 1.84. The maximum Gasteiger partial charge on any atom is 0.335 e. The van der Waals surface area contributed by atoms with Crippen molar-refractivity contribution in [2.75, 3.05) is 0 Å². The number of rotatable bonds is 1. The van der Waals surface area contributed by atoms with Gasteiger partial charge in [0.2, 0.25) is 0 Å². The van der Waals surface area contributed by atoms with Crippen LogP contribution in [0.5, 0.6) is 0 Å². The number of aromatic carboxylic acids is 1. The van der Waals surface area contributed by atoms with Crippen molar-refractivity contribution in [3.8, 4) is 0 Å². The van der Waals surface area contributed by atoms with E-state index < -0.39 is 16.9 Å². The summed E-state index contributed by atoms with van der Waals surface area (Å²) in [6, 6.07) is 5.28. The highest BCUT2D eigenvalue weighted by Gasteiger charge is 2.06. The highest BCUT2D eigenvalue weighted by molar-refractivity contribution is 7.69. The fourth-order valence-corrected chi connectivity index (χ4v) is 0.983. The molecule has 0 spiro atoms. The normalized spacial score (nSPS) is 9.33. The van der Waals surface area contributed by atoms with Crippen LogP contribution < -0.4 is 5.14 Å². The lowest BCUT2D eigenvalue weighted by atomic mass is 10.0. The van der Waals surface area contributed by atoms with E-state index in [2.05, 4.69) is 5.14 Å². The third kappa shape index (κ3) is 5.14. The zero-order chi connectivity index (χ0) is 12.0. The molecule has 6 heteroatoms. The van der Waals surface area contributed by atoms with Crippen LogP contribution in [0.1, 0.15) is 21.5 Å². The smallest absolute Gasteiger partial charge is 0.335 e. The zero-order valence-electron chi connectivity index (χ0n) is 8.43. The molecule has 0 unspecified atom stereocenters. The number of carboxylic acids is 1. The fraction of sp³-hybridized carbons (Fsp3) is 0.222. The van der Waals surface area contributed by atoms with Crippen molar-refractivity contribution in [2.45, 2.75) is 13.8 Å². The summed E-state index contributed by atoms with van der Waals surface area (Å²) < 4.78 is 17.6. The number of benzene rings is 1. The van der Waals surface area contributed by atoms with Crippen LogP contribution >= 0.6 is 0 Å². The van der Waals surface area contributed by atoms with E-state index in [4.69, 9.17) is 13.5 Å². The predicted molar refractivity (Wildman–Crippen MR) is 57.4 cm³/mol. The van der Waals surface area contributed by atoms with E-state index in [9.17, 15) is 4.79 Å². The van der Waals surface area contributed by atoms with E-state index in [-0.39, 0.29) is 0 Å². The van der Waals surface area contributed by atoms with Crippen molar-refractivity contribution >= 4 is 16.9 Å². The van der Waals surface area contributed by atoms with E-state index in [1.807, 2.05) is 19.9 Å². The van der Waals surface area contributed by atoms with Crippen molar-refractivity contribution < 1.29 is 18.3 Å². The van der Waals surface area contributed by atoms with Crippen molar-refractivity contribution in [2.24, 2.45) is 5.14 Å². The Morgan fingerprint density at radius 3 is 2.13 bits per heavy atom. The fourth-order valence-electron chi connectivity index (χ4n) is 0.983. The van der Waals surface area contributed by atoms with E-state index in [1.54, 1.807) is 12.1 Å². The summed E-state index contributed by atoms with van der Waals surface area (Å²) in [7, 11) is -2.62. The molecule has 1 aromatic carbocycles. The van der Waals surface area contributed by atoms with Gasteiger partial charge in [-0.05, 0) is 31.0 Å². The summed E-state index contributed by atoms with van der Waals surface area (Å²) >= 11 is 0. The van der Waals surface area contributed by atoms with Crippen LogP contribution in [-0.2, 0) is 10.9 Å². The Balaban J connectivity index is 0.000000423. The highest BCUT2D eigenvalue weighted by Crippen LogP contribution is 2.11. The van der Waals surface area contributed by atoms with Gasteiger partial charge in [0.1, 0.15) is 0 Å². The quantitative estimate of drug-likeness (QED) is 0.612. The molecule has 5 nitrogen and oxygen atoms in total. The molecule has 0 aliphatic heterocycles. The molecule has 1 aromatic rings. The van der Waals surface area contributed by atoms with Crippen molar-refractivity contribution in [3.05, 3.63) is 34.9 Å². The third-order valence-corrected chi connectivity index (χ3v) is 1.84. The highest BCUT2D eigenvalue weighted by atomic mass is 32.2. The number of thiol groups is 1. The Morgan fingerprint density at radius 1 is 1.33 bits per heavy atom. The van der Waals surface area contributed by atoms with Gasteiger partial charge < -0.3 is 5.11 Å². The molecule has 0 aromatic heterocycles.